The molecule has 10 nitrogen and oxygen atoms in total. The van der Waals surface area contributed by atoms with Gasteiger partial charge in [-0.3, -0.25) is 4.79 Å². The summed E-state index contributed by atoms with van der Waals surface area (Å²) in [5.74, 6) is 0.386. The third-order valence-electron chi connectivity index (χ3n) is 5.82. The van der Waals surface area contributed by atoms with Crippen LogP contribution in [-0.2, 0) is 11.2 Å². The first-order chi connectivity index (χ1) is 17.2. The maximum absolute atomic E-state index is 12.8. The van der Waals surface area contributed by atoms with Crippen LogP contribution in [-0.4, -0.2) is 57.5 Å². The van der Waals surface area contributed by atoms with E-state index in [0.29, 0.717) is 18.5 Å². The monoisotopic (exact) mass is 524 g/mol. The number of nitrogen functional groups attached to an aromatic ring is 1. The first-order valence-electron chi connectivity index (χ1n) is 11.1. The Hall–Kier alpha value is -3.73. The molecule has 0 aliphatic carbocycles. The summed E-state index contributed by atoms with van der Waals surface area (Å²) in [5.41, 5.74) is 8.71. The molecule has 0 fully saturated rings. The van der Waals surface area contributed by atoms with Gasteiger partial charge in [-0.2, -0.15) is 9.97 Å². The minimum absolute atomic E-state index is 0.0599. The normalized spacial score (nSPS) is 12.9. The van der Waals surface area contributed by atoms with Crippen LogP contribution in [0.2, 0.25) is 10.0 Å². The summed E-state index contributed by atoms with van der Waals surface area (Å²) in [6.07, 6.45) is 2.24. The van der Waals surface area contributed by atoms with Crippen LogP contribution in [0, 0.1) is 0 Å². The summed E-state index contributed by atoms with van der Waals surface area (Å²) in [5, 5.41) is 4.03. The molecule has 2 aromatic carbocycles. The third kappa shape index (κ3) is 4.34. The first kappa shape index (κ1) is 24.0. The Morgan fingerprint density at radius 1 is 1.17 bits per heavy atom. The third-order valence-corrected chi connectivity index (χ3v) is 6.43. The zero-order valence-electron chi connectivity index (χ0n) is 19.5. The molecule has 3 N–H and O–H groups in total. The maximum atomic E-state index is 12.8. The molecule has 0 spiro atoms. The number of fused-ring (bicyclic) bond motifs is 2. The number of hydrogen-bond donors (Lipinski definition) is 2. The number of para-hydroxylation sites is 1. The van der Waals surface area contributed by atoms with Gasteiger partial charge in [-0.25, -0.2) is 14.3 Å². The number of aromatic nitrogens is 4. The molecule has 5 rings (SSSR count). The molecular weight excluding hydrogens is 503 g/mol. The Balaban J connectivity index is 1.45. The van der Waals surface area contributed by atoms with Gasteiger partial charge in [0.2, 0.25) is 11.9 Å². The van der Waals surface area contributed by atoms with Crippen molar-refractivity contribution in [1.82, 2.24) is 24.4 Å². The highest BCUT2D eigenvalue weighted by atomic mass is 35.5. The zero-order valence-corrected chi connectivity index (χ0v) is 21.0. The average molecular weight is 525 g/mol. The SMILES string of the molecule is CN(C)CC(=O)N1CCc2cc(Nc3ncc4c(N)n(-c5c(Cl)cccc5Cl)c(=O)nc4n3)ccc21. The van der Waals surface area contributed by atoms with E-state index in [2.05, 4.69) is 20.3 Å². The smallest absolute Gasteiger partial charge is 0.355 e. The molecule has 0 bridgehead atoms. The van der Waals surface area contributed by atoms with E-state index in [1.807, 2.05) is 37.2 Å². The van der Waals surface area contributed by atoms with Gasteiger partial charge >= 0.3 is 5.69 Å². The van der Waals surface area contributed by atoms with Crippen LogP contribution in [0.4, 0.5) is 23.1 Å². The Bertz CT molecular complexity index is 1550. The van der Waals surface area contributed by atoms with Crippen molar-refractivity contribution in [2.75, 3.05) is 43.1 Å². The minimum Gasteiger partial charge on any atom is -0.384 e. The Morgan fingerprint density at radius 3 is 2.64 bits per heavy atom. The van der Waals surface area contributed by atoms with Crippen LogP contribution >= 0.6 is 23.2 Å². The Kier molecular flexibility index (Phi) is 6.25. The number of benzene rings is 2. The van der Waals surface area contributed by atoms with Crippen molar-refractivity contribution in [3.63, 3.8) is 0 Å². The van der Waals surface area contributed by atoms with Crippen molar-refractivity contribution in [2.45, 2.75) is 6.42 Å². The van der Waals surface area contributed by atoms with Crippen molar-refractivity contribution in [3.05, 3.63) is 68.7 Å². The fraction of sp³-hybridized carbons (Fsp3) is 0.208. The molecule has 4 aromatic rings. The molecule has 0 saturated heterocycles. The lowest BCUT2D eigenvalue weighted by Gasteiger charge is -2.20. The van der Waals surface area contributed by atoms with Crippen LogP contribution in [0.15, 0.2) is 47.4 Å². The van der Waals surface area contributed by atoms with Crippen molar-refractivity contribution in [1.29, 1.82) is 0 Å². The lowest BCUT2D eigenvalue weighted by atomic mass is 10.1. The van der Waals surface area contributed by atoms with E-state index in [4.69, 9.17) is 28.9 Å². The molecule has 2 aromatic heterocycles. The molecule has 0 atom stereocenters. The molecular formula is C24H22Cl2N8O2. The molecule has 1 amide bonds. The number of halogens is 2. The fourth-order valence-electron chi connectivity index (χ4n) is 4.21. The molecule has 3 heterocycles. The van der Waals surface area contributed by atoms with Crippen molar-refractivity contribution in [3.8, 4) is 5.69 Å². The molecule has 1 aliphatic rings. The number of nitrogens with zero attached hydrogens (tertiary/aromatic N) is 6. The van der Waals surface area contributed by atoms with E-state index in [9.17, 15) is 9.59 Å². The molecule has 12 heteroatoms. The molecule has 0 radical (unpaired) electrons. The number of likely N-dealkylation sites (N-methyl/N-ethyl adjacent to an activating group) is 1. The van der Waals surface area contributed by atoms with Gasteiger partial charge in [0.05, 0.1) is 27.7 Å². The van der Waals surface area contributed by atoms with Crippen molar-refractivity contribution >= 4 is 63.3 Å². The van der Waals surface area contributed by atoms with Gasteiger partial charge < -0.3 is 20.9 Å². The zero-order chi connectivity index (χ0) is 25.6. The number of carbonyl (C=O) groups excluding carboxylic acids is 1. The molecule has 0 saturated carbocycles. The fourth-order valence-corrected chi connectivity index (χ4v) is 4.77. The van der Waals surface area contributed by atoms with E-state index in [-0.39, 0.29) is 39.1 Å². The van der Waals surface area contributed by atoms with E-state index >= 15 is 0 Å². The number of amides is 1. The summed E-state index contributed by atoms with van der Waals surface area (Å²) in [6, 6.07) is 10.6. The summed E-state index contributed by atoms with van der Waals surface area (Å²) in [4.78, 5) is 41.8. The van der Waals surface area contributed by atoms with Crippen LogP contribution in [0.5, 0.6) is 0 Å². The van der Waals surface area contributed by atoms with Gasteiger partial charge in [0.25, 0.3) is 0 Å². The first-order valence-corrected chi connectivity index (χ1v) is 11.8. The van der Waals surface area contributed by atoms with E-state index in [0.717, 1.165) is 27.9 Å². The summed E-state index contributed by atoms with van der Waals surface area (Å²) in [7, 11) is 3.74. The Labute approximate surface area is 216 Å². The van der Waals surface area contributed by atoms with Crippen LogP contribution in [0.25, 0.3) is 16.7 Å². The van der Waals surface area contributed by atoms with E-state index in [1.165, 1.54) is 6.20 Å². The van der Waals surface area contributed by atoms with Gasteiger partial charge in [-0.15, -0.1) is 0 Å². The van der Waals surface area contributed by atoms with Gasteiger partial charge in [-0.1, -0.05) is 29.3 Å². The summed E-state index contributed by atoms with van der Waals surface area (Å²) < 4.78 is 1.15. The highest BCUT2D eigenvalue weighted by Crippen LogP contribution is 2.32. The van der Waals surface area contributed by atoms with Gasteiger partial charge in [-0.05, 0) is 56.4 Å². The number of nitrogens with one attached hydrogen (secondary N) is 1. The molecule has 36 heavy (non-hydrogen) atoms. The van der Waals surface area contributed by atoms with Crippen LogP contribution in [0.3, 0.4) is 0 Å². The number of nitrogens with two attached hydrogens (primary N) is 1. The second-order valence-corrected chi connectivity index (χ2v) is 9.43. The predicted molar refractivity (Wildman–Crippen MR) is 142 cm³/mol. The quantitative estimate of drug-likeness (QED) is 0.407. The summed E-state index contributed by atoms with van der Waals surface area (Å²) >= 11 is 12.5. The minimum atomic E-state index is -0.667. The predicted octanol–water partition coefficient (Wildman–Crippen LogP) is 3.26. The van der Waals surface area contributed by atoms with E-state index < -0.39 is 5.69 Å². The van der Waals surface area contributed by atoms with Gasteiger partial charge in [0.15, 0.2) is 5.65 Å². The lowest BCUT2D eigenvalue weighted by Crippen LogP contribution is -2.36. The van der Waals surface area contributed by atoms with Crippen LogP contribution < -0.4 is 21.6 Å². The Morgan fingerprint density at radius 2 is 1.92 bits per heavy atom. The lowest BCUT2D eigenvalue weighted by molar-refractivity contribution is -0.119. The summed E-state index contributed by atoms with van der Waals surface area (Å²) in [6.45, 7) is 0.994. The number of anilines is 4. The standard InChI is InChI=1S/C24H22Cl2N8O2/c1-32(2)12-19(35)33-9-8-13-10-14(6-7-18(13)33)29-23-28-11-15-21(27)34(24(36)31-22(15)30-23)20-16(25)4-3-5-17(20)26/h3-7,10-11H,8-9,12,27H2,1-2H3,(H,29,30,31,36). The number of hydrogen-bond acceptors (Lipinski definition) is 8. The topological polar surface area (TPSA) is 122 Å². The van der Waals surface area contributed by atoms with Crippen LogP contribution in [0.1, 0.15) is 5.56 Å². The molecule has 1 aliphatic heterocycles. The second kappa shape index (κ2) is 9.38. The second-order valence-electron chi connectivity index (χ2n) is 8.62. The van der Waals surface area contributed by atoms with Gasteiger partial charge in [0.1, 0.15) is 5.82 Å². The highest BCUT2D eigenvalue weighted by Gasteiger charge is 2.25. The highest BCUT2D eigenvalue weighted by molar-refractivity contribution is 6.37. The van der Waals surface area contributed by atoms with Gasteiger partial charge in [0, 0.05) is 24.1 Å². The van der Waals surface area contributed by atoms with E-state index in [1.54, 1.807) is 23.1 Å². The number of carbonyl (C=O) groups is 1. The molecule has 184 valence electrons. The average Bonchev–Trinajstić information content (AvgIpc) is 3.24. The largest absolute Gasteiger partial charge is 0.384 e. The van der Waals surface area contributed by atoms with Crippen molar-refractivity contribution < 1.29 is 4.79 Å². The maximum Gasteiger partial charge on any atom is 0.355 e. The number of rotatable bonds is 5. The molecule has 0 unspecified atom stereocenters. The van der Waals surface area contributed by atoms with Crippen molar-refractivity contribution in [2.24, 2.45) is 0 Å².